The van der Waals surface area contributed by atoms with Gasteiger partial charge in [0.15, 0.2) is 0 Å². The molecule has 0 spiro atoms. The summed E-state index contributed by atoms with van der Waals surface area (Å²) in [6.07, 6.45) is -0.919. The predicted molar refractivity (Wildman–Crippen MR) is 47.1 cm³/mol. The maximum absolute atomic E-state index is 13.1. The summed E-state index contributed by atoms with van der Waals surface area (Å²) in [7, 11) is 1.09. The summed E-state index contributed by atoms with van der Waals surface area (Å²) in [5.74, 6) is -1.82. The highest BCUT2D eigenvalue weighted by molar-refractivity contribution is 5.84. The van der Waals surface area contributed by atoms with Gasteiger partial charge in [-0.3, -0.25) is 5.32 Å². The van der Waals surface area contributed by atoms with E-state index < -0.39 is 23.3 Å². The van der Waals surface area contributed by atoms with Crippen molar-refractivity contribution in [1.82, 2.24) is 0 Å². The molecule has 0 radical (unpaired) electrons. The topological polar surface area (TPSA) is 62.1 Å². The maximum Gasteiger partial charge on any atom is 0.411 e. The molecule has 0 aliphatic rings. The lowest BCUT2D eigenvalue weighted by molar-refractivity contribution is 0.187. The van der Waals surface area contributed by atoms with E-state index in [0.717, 1.165) is 7.11 Å². The zero-order valence-electron chi connectivity index (χ0n) is 7.67. The lowest BCUT2D eigenvalue weighted by Crippen LogP contribution is -2.12. The molecular weight excluding hydrogens is 206 g/mol. The summed E-state index contributed by atoms with van der Waals surface area (Å²) in [6, 6.07) is 2.88. The molecule has 15 heavy (non-hydrogen) atoms. The quantitative estimate of drug-likeness (QED) is 0.774. The van der Waals surface area contributed by atoms with Crippen LogP contribution in [0, 0.1) is 23.0 Å². The number of ether oxygens (including phenoxy) is 1. The second-order valence-electron chi connectivity index (χ2n) is 2.54. The number of hydrogen-bond acceptors (Lipinski definition) is 3. The van der Waals surface area contributed by atoms with Gasteiger partial charge < -0.3 is 4.74 Å². The molecule has 0 aliphatic carbocycles. The second kappa shape index (κ2) is 4.37. The van der Waals surface area contributed by atoms with Crippen LogP contribution in [-0.4, -0.2) is 13.2 Å². The van der Waals surface area contributed by atoms with Gasteiger partial charge in [-0.15, -0.1) is 0 Å². The monoisotopic (exact) mass is 212 g/mol. The number of hydrogen-bond donors (Lipinski definition) is 1. The van der Waals surface area contributed by atoms with E-state index in [2.05, 4.69) is 4.74 Å². The summed E-state index contributed by atoms with van der Waals surface area (Å²) in [4.78, 5) is 10.7. The molecule has 0 atom stereocenters. The van der Waals surface area contributed by atoms with Crippen LogP contribution in [0.3, 0.4) is 0 Å². The third kappa shape index (κ3) is 2.40. The number of carbonyl (C=O) groups excluding carboxylic acids is 1. The van der Waals surface area contributed by atoms with Crippen LogP contribution in [-0.2, 0) is 4.74 Å². The number of anilines is 1. The molecule has 0 heterocycles. The molecule has 4 nitrogen and oxygen atoms in total. The van der Waals surface area contributed by atoms with Crippen molar-refractivity contribution in [1.29, 1.82) is 5.26 Å². The van der Waals surface area contributed by atoms with E-state index in [1.54, 1.807) is 0 Å². The Kier molecular flexibility index (Phi) is 3.18. The minimum Gasteiger partial charge on any atom is -0.453 e. The smallest absolute Gasteiger partial charge is 0.411 e. The highest BCUT2D eigenvalue weighted by atomic mass is 19.1. The number of nitriles is 1. The Morgan fingerprint density at radius 3 is 2.67 bits per heavy atom. The largest absolute Gasteiger partial charge is 0.453 e. The Bertz CT molecular complexity index is 440. The number of rotatable bonds is 1. The van der Waals surface area contributed by atoms with E-state index >= 15 is 0 Å². The van der Waals surface area contributed by atoms with Crippen molar-refractivity contribution < 1.29 is 18.3 Å². The summed E-state index contributed by atoms with van der Waals surface area (Å²) < 4.78 is 30.3. The van der Waals surface area contributed by atoms with E-state index in [-0.39, 0.29) is 5.69 Å². The normalized spacial score (nSPS) is 9.20. The molecule has 78 valence electrons. The van der Waals surface area contributed by atoms with Gasteiger partial charge in [0.1, 0.15) is 17.7 Å². The Morgan fingerprint density at radius 1 is 1.47 bits per heavy atom. The van der Waals surface area contributed by atoms with E-state index in [0.29, 0.717) is 12.1 Å². The van der Waals surface area contributed by atoms with E-state index in [1.807, 2.05) is 5.32 Å². The van der Waals surface area contributed by atoms with Gasteiger partial charge in [-0.05, 0) is 6.07 Å². The van der Waals surface area contributed by atoms with Crippen molar-refractivity contribution in [3.8, 4) is 6.07 Å². The molecule has 0 fully saturated rings. The van der Waals surface area contributed by atoms with Crippen molar-refractivity contribution in [3.63, 3.8) is 0 Å². The Morgan fingerprint density at radius 2 is 2.13 bits per heavy atom. The number of halogens is 2. The molecule has 0 bridgehead atoms. The summed E-state index contributed by atoms with van der Waals surface area (Å²) >= 11 is 0. The van der Waals surface area contributed by atoms with Crippen LogP contribution in [0.25, 0.3) is 0 Å². The van der Waals surface area contributed by atoms with Crippen LogP contribution < -0.4 is 5.32 Å². The number of carbonyl (C=O) groups is 1. The van der Waals surface area contributed by atoms with Crippen LogP contribution in [0.2, 0.25) is 0 Å². The fourth-order valence-electron chi connectivity index (χ4n) is 0.889. The van der Waals surface area contributed by atoms with E-state index in [4.69, 9.17) is 5.26 Å². The lowest BCUT2D eigenvalue weighted by atomic mass is 10.2. The average molecular weight is 212 g/mol. The second-order valence-corrected chi connectivity index (χ2v) is 2.54. The first-order valence-electron chi connectivity index (χ1n) is 3.82. The van der Waals surface area contributed by atoms with Crippen LogP contribution in [0.5, 0.6) is 0 Å². The predicted octanol–water partition coefficient (Wildman–Crippen LogP) is 2.01. The van der Waals surface area contributed by atoms with Crippen molar-refractivity contribution >= 4 is 11.8 Å². The summed E-state index contributed by atoms with van der Waals surface area (Å²) in [6.45, 7) is 0. The number of nitrogens with one attached hydrogen (secondary N) is 1. The first-order chi connectivity index (χ1) is 7.08. The van der Waals surface area contributed by atoms with Gasteiger partial charge >= 0.3 is 6.09 Å². The molecule has 0 saturated heterocycles. The highest BCUT2D eigenvalue weighted by Crippen LogP contribution is 2.18. The number of amides is 1. The molecule has 0 unspecified atom stereocenters. The van der Waals surface area contributed by atoms with Gasteiger partial charge in [0.05, 0.1) is 18.4 Å². The first-order valence-corrected chi connectivity index (χ1v) is 3.82. The summed E-state index contributed by atoms with van der Waals surface area (Å²) in [5, 5.41) is 10.4. The SMILES string of the molecule is COC(=O)Nc1cc(F)c(C#N)cc1F. The van der Waals surface area contributed by atoms with Gasteiger partial charge in [0.2, 0.25) is 0 Å². The molecule has 0 saturated carbocycles. The number of nitrogens with zero attached hydrogens (tertiary/aromatic N) is 1. The maximum atomic E-state index is 13.1. The molecule has 1 rings (SSSR count). The molecule has 1 aromatic carbocycles. The Hall–Kier alpha value is -2.16. The van der Waals surface area contributed by atoms with Crippen molar-refractivity contribution in [2.24, 2.45) is 0 Å². The molecule has 1 N–H and O–H groups in total. The van der Waals surface area contributed by atoms with E-state index in [9.17, 15) is 13.6 Å². The summed E-state index contributed by atoms with van der Waals surface area (Å²) in [5.41, 5.74) is -0.804. The van der Waals surface area contributed by atoms with Gasteiger partial charge in [-0.25, -0.2) is 13.6 Å². The zero-order valence-corrected chi connectivity index (χ0v) is 7.67. The van der Waals surface area contributed by atoms with Crippen LogP contribution >= 0.6 is 0 Å². The molecule has 1 amide bonds. The van der Waals surface area contributed by atoms with Gasteiger partial charge in [0, 0.05) is 6.07 Å². The lowest BCUT2D eigenvalue weighted by Gasteiger charge is -2.05. The zero-order chi connectivity index (χ0) is 11.4. The Balaban J connectivity index is 3.06. The van der Waals surface area contributed by atoms with Crippen LogP contribution in [0.15, 0.2) is 12.1 Å². The molecule has 6 heteroatoms. The van der Waals surface area contributed by atoms with Crippen molar-refractivity contribution in [2.75, 3.05) is 12.4 Å². The van der Waals surface area contributed by atoms with Crippen molar-refractivity contribution in [2.45, 2.75) is 0 Å². The standard InChI is InChI=1S/C9H6F2N2O2/c1-15-9(14)13-8-3-6(10)5(4-12)2-7(8)11/h2-3H,1H3,(H,13,14). The fraction of sp³-hybridized carbons (Fsp3) is 0.111. The van der Waals surface area contributed by atoms with Gasteiger partial charge in [-0.2, -0.15) is 5.26 Å². The average Bonchev–Trinajstić information content (AvgIpc) is 2.22. The van der Waals surface area contributed by atoms with Crippen LogP contribution in [0.4, 0.5) is 19.3 Å². The Labute approximate surface area is 84.1 Å². The highest BCUT2D eigenvalue weighted by Gasteiger charge is 2.11. The molecule has 0 aromatic heterocycles. The molecule has 0 aliphatic heterocycles. The first kappa shape index (κ1) is 10.9. The number of methoxy groups -OCH3 is 1. The van der Waals surface area contributed by atoms with Crippen molar-refractivity contribution in [3.05, 3.63) is 29.3 Å². The molecule has 1 aromatic rings. The van der Waals surface area contributed by atoms with Gasteiger partial charge in [-0.1, -0.05) is 0 Å². The number of benzene rings is 1. The third-order valence-corrected chi connectivity index (χ3v) is 1.60. The third-order valence-electron chi connectivity index (χ3n) is 1.60. The van der Waals surface area contributed by atoms with Gasteiger partial charge in [0.25, 0.3) is 0 Å². The molecular formula is C9H6F2N2O2. The minimum atomic E-state index is -0.919. The minimum absolute atomic E-state index is 0.377. The van der Waals surface area contributed by atoms with E-state index in [1.165, 1.54) is 6.07 Å². The fourth-order valence-corrected chi connectivity index (χ4v) is 0.889. The van der Waals surface area contributed by atoms with Crippen LogP contribution in [0.1, 0.15) is 5.56 Å².